The third-order valence-corrected chi connectivity index (χ3v) is 3.16. The maximum atomic E-state index is 11.7. The Balaban J connectivity index is 1.69. The summed E-state index contributed by atoms with van der Waals surface area (Å²) >= 11 is 0. The maximum Gasteiger partial charge on any atom is 0.254 e. The van der Waals surface area contributed by atoms with Gasteiger partial charge in [-0.3, -0.25) is 9.48 Å². The summed E-state index contributed by atoms with van der Waals surface area (Å²) in [6.07, 6.45) is 8.13. The first-order valence-electron chi connectivity index (χ1n) is 6.26. The van der Waals surface area contributed by atoms with Gasteiger partial charge in [-0.25, -0.2) is 0 Å². The number of carbonyl (C=O) groups is 1. The Labute approximate surface area is 102 Å². The van der Waals surface area contributed by atoms with Crippen LogP contribution in [0.25, 0.3) is 0 Å². The summed E-state index contributed by atoms with van der Waals surface area (Å²) in [5, 5.41) is 10.4. The molecule has 17 heavy (non-hydrogen) atoms. The molecule has 1 saturated heterocycles. The molecule has 0 aliphatic carbocycles. The van der Waals surface area contributed by atoms with Gasteiger partial charge in [0.2, 0.25) is 0 Å². The van der Waals surface area contributed by atoms with E-state index in [-0.39, 0.29) is 5.91 Å². The first-order chi connectivity index (χ1) is 8.25. The van der Waals surface area contributed by atoms with Crippen molar-refractivity contribution in [2.45, 2.75) is 31.7 Å². The monoisotopic (exact) mass is 236 g/mol. The minimum atomic E-state index is -0.0334. The molecule has 0 radical (unpaired) electrons. The van der Waals surface area contributed by atoms with Crippen LogP contribution in [0.5, 0.6) is 0 Å². The molecule has 1 aromatic heterocycles. The van der Waals surface area contributed by atoms with E-state index in [4.69, 9.17) is 0 Å². The zero-order valence-electron chi connectivity index (χ0n) is 10.3. The van der Waals surface area contributed by atoms with Crippen LogP contribution in [0.15, 0.2) is 12.4 Å². The van der Waals surface area contributed by atoms with Gasteiger partial charge >= 0.3 is 0 Å². The van der Waals surface area contributed by atoms with Gasteiger partial charge in [-0.15, -0.1) is 0 Å². The van der Waals surface area contributed by atoms with Gasteiger partial charge in [0.15, 0.2) is 0 Å². The molecule has 1 aliphatic heterocycles. The van der Waals surface area contributed by atoms with Crippen LogP contribution < -0.4 is 10.6 Å². The summed E-state index contributed by atoms with van der Waals surface area (Å²) < 4.78 is 1.64. The average molecular weight is 236 g/mol. The van der Waals surface area contributed by atoms with Gasteiger partial charge in [0.25, 0.3) is 5.91 Å². The van der Waals surface area contributed by atoms with Crippen LogP contribution in [0.3, 0.4) is 0 Å². The van der Waals surface area contributed by atoms with E-state index in [1.54, 1.807) is 17.1 Å². The molecular formula is C12H20N4O. The average Bonchev–Trinajstić information content (AvgIpc) is 2.77. The molecule has 0 aromatic carbocycles. The summed E-state index contributed by atoms with van der Waals surface area (Å²) in [5.41, 5.74) is 0.629. The molecule has 94 valence electrons. The van der Waals surface area contributed by atoms with Crippen molar-refractivity contribution in [3.63, 3.8) is 0 Å². The Kier molecular flexibility index (Phi) is 4.14. The van der Waals surface area contributed by atoms with E-state index in [0.717, 1.165) is 19.5 Å². The Morgan fingerprint density at radius 3 is 3.18 bits per heavy atom. The van der Waals surface area contributed by atoms with Crippen molar-refractivity contribution in [3.8, 4) is 0 Å². The number of rotatable bonds is 4. The molecule has 2 N–H and O–H groups in total. The van der Waals surface area contributed by atoms with Gasteiger partial charge in [0.1, 0.15) is 0 Å². The van der Waals surface area contributed by atoms with Crippen LogP contribution >= 0.6 is 0 Å². The Bertz CT molecular complexity index is 368. The second-order valence-electron chi connectivity index (χ2n) is 4.59. The number of hydrogen-bond donors (Lipinski definition) is 2. The highest BCUT2D eigenvalue weighted by molar-refractivity contribution is 5.93. The summed E-state index contributed by atoms with van der Waals surface area (Å²) in [7, 11) is 1.81. The number of hydrogen-bond acceptors (Lipinski definition) is 3. The van der Waals surface area contributed by atoms with Crippen molar-refractivity contribution in [1.29, 1.82) is 0 Å². The van der Waals surface area contributed by atoms with Crippen molar-refractivity contribution in [2.24, 2.45) is 7.05 Å². The van der Waals surface area contributed by atoms with E-state index in [0.29, 0.717) is 11.6 Å². The number of nitrogens with one attached hydrogen (secondary N) is 2. The Morgan fingerprint density at radius 1 is 1.65 bits per heavy atom. The molecule has 1 amide bonds. The maximum absolute atomic E-state index is 11.7. The predicted molar refractivity (Wildman–Crippen MR) is 65.8 cm³/mol. The largest absolute Gasteiger partial charge is 0.352 e. The van der Waals surface area contributed by atoms with E-state index >= 15 is 0 Å². The SMILES string of the molecule is Cn1cc(C(=O)NCCC2CCCCN2)cn1. The molecule has 0 bridgehead atoms. The molecule has 1 unspecified atom stereocenters. The van der Waals surface area contributed by atoms with Gasteiger partial charge in [-0.05, 0) is 25.8 Å². The van der Waals surface area contributed by atoms with Crippen molar-refractivity contribution in [3.05, 3.63) is 18.0 Å². The lowest BCUT2D eigenvalue weighted by molar-refractivity contribution is 0.0951. The zero-order valence-corrected chi connectivity index (χ0v) is 10.3. The topological polar surface area (TPSA) is 59.0 Å². The number of amides is 1. The number of piperidine rings is 1. The van der Waals surface area contributed by atoms with Crippen LogP contribution in [-0.2, 0) is 7.05 Å². The highest BCUT2D eigenvalue weighted by Crippen LogP contribution is 2.09. The molecule has 1 aliphatic rings. The molecule has 0 spiro atoms. The van der Waals surface area contributed by atoms with Gasteiger partial charge in [0.05, 0.1) is 11.8 Å². The van der Waals surface area contributed by atoms with Gasteiger partial charge in [-0.1, -0.05) is 6.42 Å². The van der Waals surface area contributed by atoms with E-state index in [9.17, 15) is 4.79 Å². The second kappa shape index (κ2) is 5.82. The lowest BCUT2D eigenvalue weighted by Gasteiger charge is -2.23. The lowest BCUT2D eigenvalue weighted by atomic mass is 10.0. The molecule has 5 nitrogen and oxygen atoms in total. The van der Waals surface area contributed by atoms with Crippen LogP contribution in [0, 0.1) is 0 Å². The van der Waals surface area contributed by atoms with E-state index < -0.39 is 0 Å². The van der Waals surface area contributed by atoms with Crippen molar-refractivity contribution in [2.75, 3.05) is 13.1 Å². The zero-order chi connectivity index (χ0) is 12.1. The molecule has 1 atom stereocenters. The molecule has 2 rings (SSSR count). The normalized spacial score (nSPS) is 20.2. The summed E-state index contributed by atoms with van der Waals surface area (Å²) in [5.74, 6) is -0.0334. The quantitative estimate of drug-likeness (QED) is 0.808. The van der Waals surface area contributed by atoms with Crippen LogP contribution in [-0.4, -0.2) is 34.8 Å². The third-order valence-electron chi connectivity index (χ3n) is 3.16. The number of aromatic nitrogens is 2. The summed E-state index contributed by atoms with van der Waals surface area (Å²) in [6, 6.07) is 0.568. The number of carbonyl (C=O) groups excluding carboxylic acids is 1. The van der Waals surface area contributed by atoms with E-state index in [2.05, 4.69) is 15.7 Å². The van der Waals surface area contributed by atoms with E-state index in [1.165, 1.54) is 19.3 Å². The minimum absolute atomic E-state index is 0.0334. The Morgan fingerprint density at radius 2 is 2.53 bits per heavy atom. The molecule has 5 heteroatoms. The van der Waals surface area contributed by atoms with E-state index in [1.807, 2.05) is 7.05 Å². The second-order valence-corrected chi connectivity index (χ2v) is 4.59. The highest BCUT2D eigenvalue weighted by Gasteiger charge is 2.13. The summed E-state index contributed by atoms with van der Waals surface area (Å²) in [4.78, 5) is 11.7. The fraction of sp³-hybridized carbons (Fsp3) is 0.667. The van der Waals surface area contributed by atoms with Crippen molar-refractivity contribution >= 4 is 5.91 Å². The number of aryl methyl sites for hydroxylation is 1. The molecule has 1 fully saturated rings. The minimum Gasteiger partial charge on any atom is -0.352 e. The van der Waals surface area contributed by atoms with Gasteiger partial charge in [0, 0.05) is 25.8 Å². The van der Waals surface area contributed by atoms with Gasteiger partial charge < -0.3 is 10.6 Å². The molecular weight excluding hydrogens is 216 g/mol. The molecule has 0 saturated carbocycles. The molecule has 2 heterocycles. The first-order valence-corrected chi connectivity index (χ1v) is 6.26. The van der Waals surface area contributed by atoms with Crippen LogP contribution in [0.2, 0.25) is 0 Å². The number of nitrogens with zero attached hydrogens (tertiary/aromatic N) is 2. The lowest BCUT2D eigenvalue weighted by Crippen LogP contribution is -2.37. The van der Waals surface area contributed by atoms with Gasteiger partial charge in [-0.2, -0.15) is 5.10 Å². The third kappa shape index (κ3) is 3.56. The molecule has 1 aromatic rings. The fourth-order valence-electron chi connectivity index (χ4n) is 2.17. The van der Waals surface area contributed by atoms with Crippen LogP contribution in [0.4, 0.5) is 0 Å². The predicted octanol–water partition coefficient (Wildman–Crippen LogP) is 0.682. The van der Waals surface area contributed by atoms with Crippen LogP contribution in [0.1, 0.15) is 36.0 Å². The van der Waals surface area contributed by atoms with Crippen molar-refractivity contribution in [1.82, 2.24) is 20.4 Å². The highest BCUT2D eigenvalue weighted by atomic mass is 16.1. The Hall–Kier alpha value is -1.36. The standard InChI is InChI=1S/C12H20N4O/c1-16-9-10(8-15-16)12(17)14-7-5-11-4-2-3-6-13-11/h8-9,11,13H,2-7H2,1H3,(H,14,17). The first kappa shape index (κ1) is 12.1. The van der Waals surface area contributed by atoms with Crippen molar-refractivity contribution < 1.29 is 4.79 Å². The summed E-state index contributed by atoms with van der Waals surface area (Å²) in [6.45, 7) is 1.84. The smallest absolute Gasteiger partial charge is 0.254 e. The fourth-order valence-corrected chi connectivity index (χ4v) is 2.17.